The van der Waals surface area contributed by atoms with Gasteiger partial charge < -0.3 is 0 Å². The predicted octanol–water partition coefficient (Wildman–Crippen LogP) is 2.86. The molecule has 6 heteroatoms. The Balaban J connectivity index is 2.96. The molecule has 0 N–H and O–H groups in total. The molecule has 0 radical (unpaired) electrons. The van der Waals surface area contributed by atoms with Crippen LogP contribution in [-0.2, 0) is 4.79 Å². The fourth-order valence-corrected chi connectivity index (χ4v) is 1.79. The van der Waals surface area contributed by atoms with Crippen LogP contribution >= 0.6 is 11.3 Å². The fourth-order valence-electron chi connectivity index (χ4n) is 1.08. The Morgan fingerprint density at radius 2 is 2.06 bits per heavy atom. The van der Waals surface area contributed by atoms with E-state index in [1.165, 1.54) is 12.1 Å². The van der Waals surface area contributed by atoms with Crippen molar-refractivity contribution in [3.63, 3.8) is 0 Å². The topological polar surface area (TPSA) is 34.1 Å². The van der Waals surface area contributed by atoms with Crippen molar-refractivity contribution in [1.29, 1.82) is 0 Å². The van der Waals surface area contributed by atoms with Gasteiger partial charge in [0.1, 0.15) is 5.92 Å². The van der Waals surface area contributed by atoms with E-state index in [0.29, 0.717) is 0 Å². The van der Waals surface area contributed by atoms with Crippen molar-refractivity contribution in [1.82, 2.24) is 0 Å². The number of carbonyl (C=O) groups is 2. The number of allylic oxidation sites excluding steroid dienone is 1. The number of halogens is 3. The smallest absolute Gasteiger partial charge is 0.292 e. The summed E-state index contributed by atoms with van der Waals surface area (Å²) in [6.07, 6.45) is -4.30. The molecule has 0 aliphatic heterocycles. The molecule has 86 valence electrons. The van der Waals surface area contributed by atoms with Crippen LogP contribution in [0.4, 0.5) is 13.2 Å². The minimum Gasteiger partial charge on any atom is -0.292 e. The number of carbonyl (C=O) groups excluding carboxylic acids is 2. The Morgan fingerprint density at radius 3 is 2.44 bits per heavy atom. The Morgan fingerprint density at radius 1 is 1.44 bits per heavy atom. The van der Waals surface area contributed by atoms with Gasteiger partial charge in [-0.3, -0.25) is 9.59 Å². The molecule has 1 rings (SSSR count). The summed E-state index contributed by atoms with van der Waals surface area (Å²) in [5.41, 5.74) is 0. The molecule has 2 nitrogen and oxygen atoms in total. The number of ketones is 2. The summed E-state index contributed by atoms with van der Waals surface area (Å²) >= 11 is 0.986. The van der Waals surface area contributed by atoms with Crippen LogP contribution < -0.4 is 0 Å². The number of thiophene rings is 1. The second kappa shape index (κ2) is 4.61. The largest absolute Gasteiger partial charge is 0.451 e. The summed E-state index contributed by atoms with van der Waals surface area (Å²) < 4.78 is 36.4. The quantitative estimate of drug-likeness (QED) is 0.466. The van der Waals surface area contributed by atoms with E-state index in [2.05, 4.69) is 6.58 Å². The van der Waals surface area contributed by atoms with Crippen molar-refractivity contribution in [3.8, 4) is 0 Å². The zero-order valence-corrected chi connectivity index (χ0v) is 8.77. The maximum atomic E-state index is 12.1. The number of Topliss-reactive ketones (excluding diaryl/α,β-unsaturated/α-hetero) is 2. The zero-order chi connectivity index (χ0) is 12.3. The maximum Gasteiger partial charge on any atom is 0.451 e. The van der Waals surface area contributed by atoms with Gasteiger partial charge in [0.2, 0.25) is 0 Å². The van der Waals surface area contributed by atoms with Crippen LogP contribution in [0.5, 0.6) is 0 Å². The summed E-state index contributed by atoms with van der Waals surface area (Å²) in [5, 5.41) is 1.55. The lowest BCUT2D eigenvalue weighted by atomic mass is 9.97. The molecule has 0 fully saturated rings. The molecule has 1 aromatic heterocycles. The molecule has 1 heterocycles. The first-order valence-corrected chi connectivity index (χ1v) is 5.07. The molecule has 1 atom stereocenters. The van der Waals surface area contributed by atoms with E-state index in [1.807, 2.05) is 0 Å². The third-order valence-corrected chi connectivity index (χ3v) is 2.73. The number of alkyl halides is 3. The molecule has 0 spiro atoms. The van der Waals surface area contributed by atoms with Gasteiger partial charge in [-0.25, -0.2) is 0 Å². The lowest BCUT2D eigenvalue weighted by molar-refractivity contribution is -0.172. The van der Waals surface area contributed by atoms with E-state index in [4.69, 9.17) is 0 Å². The van der Waals surface area contributed by atoms with E-state index >= 15 is 0 Å². The molecule has 0 aliphatic rings. The van der Waals surface area contributed by atoms with Crippen LogP contribution in [0, 0.1) is 5.92 Å². The summed E-state index contributed by atoms with van der Waals surface area (Å²) in [4.78, 5) is 22.6. The van der Waals surface area contributed by atoms with Crippen molar-refractivity contribution >= 4 is 22.9 Å². The molecule has 0 amide bonds. The molecule has 16 heavy (non-hydrogen) atoms. The molecule has 1 aromatic rings. The van der Waals surface area contributed by atoms with Gasteiger partial charge in [0, 0.05) is 0 Å². The highest BCUT2D eigenvalue weighted by Gasteiger charge is 2.45. The van der Waals surface area contributed by atoms with Crippen LogP contribution in [0.2, 0.25) is 0 Å². The van der Waals surface area contributed by atoms with E-state index in [9.17, 15) is 22.8 Å². The number of hydrogen-bond acceptors (Lipinski definition) is 3. The highest BCUT2D eigenvalue weighted by Crippen LogP contribution is 2.25. The standard InChI is InChI=1S/C10H7F3O2S/c1-2-6(9(15)10(11,12)13)8(14)7-4-3-5-16-7/h2-6H,1H2. The van der Waals surface area contributed by atoms with Crippen LogP contribution in [-0.4, -0.2) is 17.7 Å². The minimum absolute atomic E-state index is 0.113. The van der Waals surface area contributed by atoms with Gasteiger partial charge >= 0.3 is 6.18 Å². The number of rotatable bonds is 4. The lowest BCUT2D eigenvalue weighted by Gasteiger charge is -2.11. The monoisotopic (exact) mass is 248 g/mol. The van der Waals surface area contributed by atoms with E-state index in [1.54, 1.807) is 5.38 Å². The van der Waals surface area contributed by atoms with Gasteiger partial charge in [0.05, 0.1) is 4.88 Å². The van der Waals surface area contributed by atoms with Crippen molar-refractivity contribution in [2.24, 2.45) is 5.92 Å². The van der Waals surface area contributed by atoms with E-state index in [0.717, 1.165) is 17.4 Å². The first kappa shape index (κ1) is 12.6. The molecular formula is C10H7F3O2S. The van der Waals surface area contributed by atoms with Crippen LogP contribution in [0.15, 0.2) is 30.2 Å². The third-order valence-electron chi connectivity index (χ3n) is 1.84. The predicted molar refractivity (Wildman–Crippen MR) is 53.4 cm³/mol. The van der Waals surface area contributed by atoms with E-state index in [-0.39, 0.29) is 4.88 Å². The van der Waals surface area contributed by atoms with Gasteiger partial charge in [-0.2, -0.15) is 13.2 Å². The molecular weight excluding hydrogens is 241 g/mol. The maximum absolute atomic E-state index is 12.1. The molecule has 0 bridgehead atoms. The SMILES string of the molecule is C=CC(C(=O)c1cccs1)C(=O)C(F)(F)F. The Kier molecular flexibility index (Phi) is 3.64. The Hall–Kier alpha value is -1.43. The fraction of sp³-hybridized carbons (Fsp3) is 0.200. The van der Waals surface area contributed by atoms with Gasteiger partial charge in [-0.05, 0) is 11.4 Å². The average Bonchev–Trinajstić information content (AvgIpc) is 2.69. The lowest BCUT2D eigenvalue weighted by Crippen LogP contribution is -2.33. The zero-order valence-electron chi connectivity index (χ0n) is 7.95. The summed E-state index contributed by atoms with van der Waals surface area (Å²) in [5.74, 6) is -4.80. The summed E-state index contributed by atoms with van der Waals surface area (Å²) in [6.45, 7) is 3.09. The van der Waals surface area contributed by atoms with Crippen molar-refractivity contribution in [3.05, 3.63) is 35.0 Å². The highest BCUT2D eigenvalue weighted by molar-refractivity contribution is 7.12. The summed E-state index contributed by atoms with van der Waals surface area (Å²) in [7, 11) is 0. The molecule has 0 aliphatic carbocycles. The second-order valence-corrected chi connectivity index (χ2v) is 3.86. The van der Waals surface area contributed by atoms with Crippen LogP contribution in [0.25, 0.3) is 0 Å². The Bertz CT molecular complexity index is 406. The molecule has 0 saturated heterocycles. The van der Waals surface area contributed by atoms with E-state index < -0.39 is 23.7 Å². The summed E-state index contributed by atoms with van der Waals surface area (Å²) in [6, 6.07) is 2.89. The third kappa shape index (κ3) is 2.57. The van der Waals surface area contributed by atoms with Gasteiger partial charge in [0.15, 0.2) is 5.78 Å². The van der Waals surface area contributed by atoms with Crippen molar-refractivity contribution in [2.45, 2.75) is 6.18 Å². The van der Waals surface area contributed by atoms with Gasteiger partial charge in [-0.1, -0.05) is 12.1 Å². The normalized spacial score (nSPS) is 13.2. The second-order valence-electron chi connectivity index (χ2n) is 2.92. The first-order valence-electron chi connectivity index (χ1n) is 4.19. The molecule has 1 unspecified atom stereocenters. The average molecular weight is 248 g/mol. The van der Waals surface area contributed by atoms with Crippen molar-refractivity contribution < 1.29 is 22.8 Å². The molecule has 0 saturated carbocycles. The van der Waals surface area contributed by atoms with Gasteiger partial charge in [0.25, 0.3) is 5.78 Å². The van der Waals surface area contributed by atoms with Gasteiger partial charge in [-0.15, -0.1) is 17.9 Å². The Labute approximate surface area is 93.4 Å². The number of hydrogen-bond donors (Lipinski definition) is 0. The van der Waals surface area contributed by atoms with Crippen molar-refractivity contribution in [2.75, 3.05) is 0 Å². The first-order chi connectivity index (χ1) is 7.38. The molecule has 0 aromatic carbocycles. The minimum atomic E-state index is -5.02. The van der Waals surface area contributed by atoms with Crippen LogP contribution in [0.1, 0.15) is 9.67 Å². The van der Waals surface area contributed by atoms with Crippen LogP contribution in [0.3, 0.4) is 0 Å². The highest BCUT2D eigenvalue weighted by atomic mass is 32.1.